The van der Waals surface area contributed by atoms with Crippen molar-refractivity contribution in [1.82, 2.24) is 10.2 Å². The zero-order valence-corrected chi connectivity index (χ0v) is 12.6. The van der Waals surface area contributed by atoms with E-state index in [-0.39, 0.29) is 18.3 Å². The van der Waals surface area contributed by atoms with E-state index in [1.165, 1.54) is 16.2 Å². The van der Waals surface area contributed by atoms with Crippen molar-refractivity contribution in [2.24, 2.45) is 0 Å². The van der Waals surface area contributed by atoms with E-state index in [1.54, 1.807) is 11.3 Å². The second-order valence-corrected chi connectivity index (χ2v) is 6.03. The predicted octanol–water partition coefficient (Wildman–Crippen LogP) is 2.23. The maximum absolute atomic E-state index is 12.1. The smallest absolute Gasteiger partial charge is 0.227 e. The number of likely N-dealkylation sites (N-methyl/N-ethyl adjacent to an activating group) is 1. The molecular weight excluding hydrogens is 268 g/mol. The number of nitrogens with zero attached hydrogens (tertiary/aromatic N) is 1. The van der Waals surface area contributed by atoms with Gasteiger partial charge in [0.15, 0.2) is 0 Å². The van der Waals surface area contributed by atoms with Crippen LogP contribution in [0.4, 0.5) is 0 Å². The molecule has 1 N–H and O–H groups in total. The van der Waals surface area contributed by atoms with Crippen molar-refractivity contribution in [2.75, 3.05) is 20.1 Å². The summed E-state index contributed by atoms with van der Waals surface area (Å²) >= 11 is 1.72. The van der Waals surface area contributed by atoms with Crippen LogP contribution >= 0.6 is 23.7 Å². The quantitative estimate of drug-likeness (QED) is 0.925. The Labute approximate surface area is 119 Å². The van der Waals surface area contributed by atoms with Gasteiger partial charge in [-0.15, -0.1) is 23.7 Å². The highest BCUT2D eigenvalue weighted by Gasteiger charge is 2.22. The lowest BCUT2D eigenvalue weighted by Gasteiger charge is -2.32. The molecule has 0 spiro atoms. The Morgan fingerprint density at radius 1 is 1.56 bits per heavy atom. The van der Waals surface area contributed by atoms with E-state index >= 15 is 0 Å². The first kappa shape index (κ1) is 15.5. The minimum atomic E-state index is 0. The van der Waals surface area contributed by atoms with Crippen LogP contribution in [0.5, 0.6) is 0 Å². The summed E-state index contributed by atoms with van der Waals surface area (Å²) < 4.78 is 0. The zero-order valence-electron chi connectivity index (χ0n) is 10.9. The van der Waals surface area contributed by atoms with Crippen LogP contribution in [0.2, 0.25) is 0 Å². The highest BCUT2D eigenvalue weighted by Crippen LogP contribution is 2.18. The van der Waals surface area contributed by atoms with Gasteiger partial charge < -0.3 is 10.2 Å². The fourth-order valence-corrected chi connectivity index (χ4v) is 3.16. The molecule has 0 saturated carbocycles. The lowest BCUT2D eigenvalue weighted by atomic mass is 10.1. The third-order valence-electron chi connectivity index (χ3n) is 3.30. The minimum absolute atomic E-state index is 0. The van der Waals surface area contributed by atoms with Crippen LogP contribution in [0.25, 0.3) is 0 Å². The Morgan fingerprint density at radius 3 is 2.94 bits per heavy atom. The van der Waals surface area contributed by atoms with E-state index in [2.05, 4.69) is 24.4 Å². The number of nitrogens with one attached hydrogen (secondary N) is 1. The molecule has 3 nitrogen and oxygen atoms in total. The topological polar surface area (TPSA) is 32.3 Å². The van der Waals surface area contributed by atoms with E-state index in [4.69, 9.17) is 0 Å². The highest BCUT2D eigenvalue weighted by molar-refractivity contribution is 7.12. The molecule has 102 valence electrons. The highest BCUT2D eigenvalue weighted by atomic mass is 35.5. The summed E-state index contributed by atoms with van der Waals surface area (Å²) in [4.78, 5) is 16.6. The van der Waals surface area contributed by atoms with Gasteiger partial charge in [-0.05, 0) is 38.9 Å². The van der Waals surface area contributed by atoms with Crippen LogP contribution in [0.3, 0.4) is 0 Å². The van der Waals surface area contributed by atoms with Gasteiger partial charge in [0, 0.05) is 28.9 Å². The average Bonchev–Trinajstić information content (AvgIpc) is 2.75. The van der Waals surface area contributed by atoms with Crippen molar-refractivity contribution in [3.05, 3.63) is 21.9 Å². The number of carbonyl (C=O) groups is 1. The lowest BCUT2D eigenvalue weighted by Crippen LogP contribution is -2.47. The predicted molar refractivity (Wildman–Crippen MR) is 78.7 cm³/mol. The summed E-state index contributed by atoms with van der Waals surface area (Å²) in [6, 6.07) is 4.62. The van der Waals surface area contributed by atoms with Crippen molar-refractivity contribution in [3.8, 4) is 0 Å². The van der Waals surface area contributed by atoms with Crippen LogP contribution < -0.4 is 5.32 Å². The molecule has 2 rings (SSSR count). The van der Waals surface area contributed by atoms with Crippen LogP contribution in [0.15, 0.2) is 12.1 Å². The zero-order chi connectivity index (χ0) is 12.3. The number of likely N-dealkylation sites (tertiary alicyclic amines) is 1. The first-order chi connectivity index (χ1) is 8.19. The van der Waals surface area contributed by atoms with Crippen LogP contribution in [0.1, 0.15) is 22.6 Å². The molecule has 0 aliphatic carbocycles. The number of rotatable bonds is 3. The Morgan fingerprint density at radius 2 is 2.33 bits per heavy atom. The van der Waals surface area contributed by atoms with Gasteiger partial charge in [0.2, 0.25) is 5.91 Å². The molecule has 1 aliphatic heterocycles. The number of halogens is 1. The third-order valence-corrected chi connectivity index (χ3v) is 4.30. The number of piperidine rings is 1. The first-order valence-corrected chi connectivity index (χ1v) is 7.01. The van der Waals surface area contributed by atoms with E-state index < -0.39 is 0 Å². The number of hydrogen-bond donors (Lipinski definition) is 1. The van der Waals surface area contributed by atoms with Crippen molar-refractivity contribution in [1.29, 1.82) is 0 Å². The average molecular weight is 289 g/mol. The minimum Gasteiger partial charge on any atom is -0.341 e. The molecule has 0 bridgehead atoms. The van der Waals surface area contributed by atoms with Crippen LogP contribution in [0, 0.1) is 6.92 Å². The number of hydrogen-bond acceptors (Lipinski definition) is 3. The fraction of sp³-hybridized carbons (Fsp3) is 0.615. The van der Waals surface area contributed by atoms with E-state index in [0.29, 0.717) is 12.5 Å². The Bertz CT molecular complexity index is 394. The number of thiophene rings is 1. The molecule has 0 aromatic carbocycles. The van der Waals surface area contributed by atoms with Gasteiger partial charge >= 0.3 is 0 Å². The second kappa shape index (κ2) is 7.12. The fourth-order valence-electron chi connectivity index (χ4n) is 2.28. The van der Waals surface area contributed by atoms with Gasteiger partial charge in [-0.3, -0.25) is 4.79 Å². The molecule has 1 fully saturated rings. The molecule has 1 aliphatic rings. The lowest BCUT2D eigenvalue weighted by molar-refractivity contribution is -0.131. The van der Waals surface area contributed by atoms with Crippen molar-refractivity contribution in [3.63, 3.8) is 0 Å². The largest absolute Gasteiger partial charge is 0.341 e. The van der Waals surface area contributed by atoms with Crippen molar-refractivity contribution < 1.29 is 4.79 Å². The number of carbonyl (C=O) groups excluding carboxylic acids is 1. The van der Waals surface area contributed by atoms with Gasteiger partial charge in [0.25, 0.3) is 0 Å². The van der Waals surface area contributed by atoms with Crippen molar-refractivity contribution >= 4 is 29.7 Å². The molecule has 2 heterocycles. The maximum atomic E-state index is 12.1. The molecule has 1 aromatic heterocycles. The monoisotopic (exact) mass is 288 g/mol. The SMILES string of the molecule is CNC1CCCN(C(=O)Cc2ccc(C)s2)C1.Cl. The van der Waals surface area contributed by atoms with E-state index in [0.717, 1.165) is 19.5 Å². The Kier molecular flexibility index (Phi) is 6.12. The standard InChI is InChI=1S/C13H20N2OS.ClH/c1-10-5-6-12(17-10)8-13(16)15-7-3-4-11(9-15)14-2;/h5-6,11,14H,3-4,7-9H2,1-2H3;1H. The summed E-state index contributed by atoms with van der Waals surface area (Å²) in [6.07, 6.45) is 2.86. The molecule has 1 atom stereocenters. The second-order valence-electron chi connectivity index (χ2n) is 4.66. The summed E-state index contributed by atoms with van der Waals surface area (Å²) in [5.74, 6) is 0.270. The number of aryl methyl sites for hydroxylation is 1. The maximum Gasteiger partial charge on any atom is 0.227 e. The Balaban J connectivity index is 0.00000162. The van der Waals surface area contributed by atoms with Gasteiger partial charge in [-0.25, -0.2) is 0 Å². The van der Waals surface area contributed by atoms with E-state index in [1.807, 2.05) is 11.9 Å². The molecule has 1 amide bonds. The van der Waals surface area contributed by atoms with Gasteiger partial charge in [-0.1, -0.05) is 0 Å². The summed E-state index contributed by atoms with van der Waals surface area (Å²) in [5, 5.41) is 3.27. The van der Waals surface area contributed by atoms with Gasteiger partial charge in [-0.2, -0.15) is 0 Å². The first-order valence-electron chi connectivity index (χ1n) is 6.19. The summed E-state index contributed by atoms with van der Waals surface area (Å²) in [6.45, 7) is 3.86. The Hall–Kier alpha value is -0.580. The van der Waals surface area contributed by atoms with Crippen LogP contribution in [-0.2, 0) is 11.2 Å². The van der Waals surface area contributed by atoms with Gasteiger partial charge in [0.05, 0.1) is 6.42 Å². The van der Waals surface area contributed by atoms with E-state index in [9.17, 15) is 4.79 Å². The van der Waals surface area contributed by atoms with Crippen molar-refractivity contribution in [2.45, 2.75) is 32.2 Å². The molecule has 18 heavy (non-hydrogen) atoms. The number of amides is 1. The van der Waals surface area contributed by atoms with Crippen LogP contribution in [-0.4, -0.2) is 37.0 Å². The summed E-state index contributed by atoms with van der Waals surface area (Å²) in [5.41, 5.74) is 0. The molecule has 5 heteroatoms. The normalized spacial score (nSPS) is 19.4. The third kappa shape index (κ3) is 3.97. The molecule has 1 saturated heterocycles. The molecule has 1 unspecified atom stereocenters. The molecular formula is C13H21ClN2OS. The van der Waals surface area contributed by atoms with Gasteiger partial charge in [0.1, 0.15) is 0 Å². The molecule has 0 radical (unpaired) electrons. The molecule has 1 aromatic rings. The summed E-state index contributed by atoms with van der Waals surface area (Å²) in [7, 11) is 1.97.